The number of benzene rings is 1. The molecule has 5 nitrogen and oxygen atoms in total. The van der Waals surface area contributed by atoms with E-state index < -0.39 is 17.4 Å². The molecule has 0 saturated carbocycles. The zero-order valence-electron chi connectivity index (χ0n) is 19.4. The fourth-order valence-electron chi connectivity index (χ4n) is 4.25. The van der Waals surface area contributed by atoms with Crippen LogP contribution in [0.1, 0.15) is 69.3 Å². The molecule has 1 aromatic carbocycles. The van der Waals surface area contributed by atoms with Crippen molar-refractivity contribution in [1.82, 2.24) is 15.1 Å². The molecular weight excluding hydrogens is 405 g/mol. The second-order valence-corrected chi connectivity index (χ2v) is 9.04. The molecule has 0 aliphatic heterocycles. The molecule has 1 aliphatic carbocycles. The summed E-state index contributed by atoms with van der Waals surface area (Å²) in [5, 5.41) is 7.62. The molecule has 170 valence electrons. The minimum atomic E-state index is -0.822. The number of carbonyl (C=O) groups is 2. The van der Waals surface area contributed by atoms with Gasteiger partial charge in [-0.25, -0.2) is 4.39 Å². The fourth-order valence-corrected chi connectivity index (χ4v) is 4.25. The summed E-state index contributed by atoms with van der Waals surface area (Å²) in [6.07, 6.45) is 9.95. The van der Waals surface area contributed by atoms with Crippen LogP contribution in [-0.2, 0) is 9.59 Å². The lowest BCUT2D eigenvalue weighted by Gasteiger charge is -2.31. The summed E-state index contributed by atoms with van der Waals surface area (Å²) < 4.78 is 15.5. The lowest BCUT2D eigenvalue weighted by atomic mass is 9.78. The van der Waals surface area contributed by atoms with Gasteiger partial charge in [0.2, 0.25) is 5.91 Å². The highest BCUT2D eigenvalue weighted by Crippen LogP contribution is 2.34. The molecule has 32 heavy (non-hydrogen) atoms. The Bertz CT molecular complexity index is 1040. The maximum atomic E-state index is 13.6. The number of aromatic nitrogens is 2. The van der Waals surface area contributed by atoms with Crippen molar-refractivity contribution in [3.63, 3.8) is 0 Å². The van der Waals surface area contributed by atoms with E-state index in [-0.39, 0.29) is 17.8 Å². The van der Waals surface area contributed by atoms with Gasteiger partial charge in [-0.15, -0.1) is 0 Å². The Hall–Kier alpha value is -3.02. The Morgan fingerprint density at radius 1 is 1.31 bits per heavy atom. The molecular formula is C26H32FN3O2. The van der Waals surface area contributed by atoms with E-state index in [1.165, 1.54) is 12.1 Å². The van der Waals surface area contributed by atoms with Crippen molar-refractivity contribution < 1.29 is 14.0 Å². The molecule has 1 N–H and O–H groups in total. The molecule has 1 amide bonds. The molecule has 1 aliphatic rings. The third-order valence-electron chi connectivity index (χ3n) is 6.37. The lowest BCUT2D eigenvalue weighted by Crippen LogP contribution is -2.47. The van der Waals surface area contributed by atoms with Crippen LogP contribution in [0.5, 0.6) is 0 Å². The van der Waals surface area contributed by atoms with Crippen LogP contribution in [0.15, 0.2) is 54.3 Å². The quantitative estimate of drug-likeness (QED) is 0.589. The number of hydrogen-bond donors (Lipinski definition) is 1. The molecule has 4 atom stereocenters. The molecule has 0 saturated heterocycles. The van der Waals surface area contributed by atoms with E-state index in [0.717, 1.165) is 35.1 Å². The minimum absolute atomic E-state index is 0.196. The van der Waals surface area contributed by atoms with Gasteiger partial charge in [0, 0.05) is 23.7 Å². The first-order valence-corrected chi connectivity index (χ1v) is 11.1. The topological polar surface area (TPSA) is 64.0 Å². The maximum absolute atomic E-state index is 13.6. The lowest BCUT2D eigenvalue weighted by molar-refractivity contribution is -0.130. The normalized spacial score (nSPS) is 20.9. The highest BCUT2D eigenvalue weighted by molar-refractivity contribution is 5.87. The van der Waals surface area contributed by atoms with Gasteiger partial charge in [0.05, 0.1) is 17.2 Å². The van der Waals surface area contributed by atoms with Crippen molar-refractivity contribution in [1.29, 1.82) is 0 Å². The number of amides is 1. The van der Waals surface area contributed by atoms with Gasteiger partial charge in [-0.2, -0.15) is 5.10 Å². The molecule has 2 unspecified atom stereocenters. The van der Waals surface area contributed by atoms with Crippen LogP contribution in [0.2, 0.25) is 0 Å². The molecule has 6 heteroatoms. The van der Waals surface area contributed by atoms with Gasteiger partial charge in [0.15, 0.2) is 0 Å². The highest BCUT2D eigenvalue weighted by Gasteiger charge is 2.36. The third-order valence-corrected chi connectivity index (χ3v) is 6.37. The Balaban J connectivity index is 2.00. The monoisotopic (exact) mass is 437 g/mol. The predicted molar refractivity (Wildman–Crippen MR) is 124 cm³/mol. The van der Waals surface area contributed by atoms with Crippen molar-refractivity contribution in [2.24, 2.45) is 5.41 Å². The smallest absolute Gasteiger partial charge is 0.230 e. The Kier molecular flexibility index (Phi) is 7.12. The van der Waals surface area contributed by atoms with Gasteiger partial charge in [-0.05, 0) is 58.2 Å². The molecule has 0 bridgehead atoms. The zero-order valence-corrected chi connectivity index (χ0v) is 19.4. The van der Waals surface area contributed by atoms with Gasteiger partial charge < -0.3 is 10.1 Å². The summed E-state index contributed by atoms with van der Waals surface area (Å²) in [5.74, 6) is -1.05. The van der Waals surface area contributed by atoms with Gasteiger partial charge in [-0.1, -0.05) is 42.9 Å². The Morgan fingerprint density at radius 2 is 2.00 bits per heavy atom. The van der Waals surface area contributed by atoms with Gasteiger partial charge in [-0.3, -0.25) is 9.48 Å². The van der Waals surface area contributed by atoms with Gasteiger partial charge in [0.25, 0.3) is 0 Å². The number of hydrogen-bond acceptors (Lipinski definition) is 3. The van der Waals surface area contributed by atoms with Crippen LogP contribution in [-0.4, -0.2) is 28.0 Å². The van der Waals surface area contributed by atoms with Crippen LogP contribution in [0.4, 0.5) is 4.39 Å². The summed E-state index contributed by atoms with van der Waals surface area (Å²) >= 11 is 0. The number of aldehydes is 1. The van der Waals surface area contributed by atoms with Crippen LogP contribution in [0, 0.1) is 18.2 Å². The SMILES string of the molecule is CCC(C)n1cc([C@H](c2ccc(F)cc2)[C@@H](C=O)NC(=O)C2(C)C=CC=C(C)C2)c(C)n1. The molecule has 1 heterocycles. The van der Waals surface area contributed by atoms with Crippen molar-refractivity contribution in [2.75, 3.05) is 0 Å². The molecule has 0 spiro atoms. The largest absolute Gasteiger partial charge is 0.345 e. The summed E-state index contributed by atoms with van der Waals surface area (Å²) in [7, 11) is 0. The van der Waals surface area contributed by atoms with Gasteiger partial charge in [0.1, 0.15) is 12.1 Å². The molecule has 0 radical (unpaired) electrons. The zero-order chi connectivity index (χ0) is 23.5. The second kappa shape index (κ2) is 9.63. The minimum Gasteiger partial charge on any atom is -0.345 e. The first-order valence-electron chi connectivity index (χ1n) is 11.1. The molecule has 1 aromatic heterocycles. The third kappa shape index (κ3) is 4.90. The molecule has 3 rings (SSSR count). The molecule has 2 aromatic rings. The summed E-state index contributed by atoms with van der Waals surface area (Å²) in [4.78, 5) is 25.6. The maximum Gasteiger partial charge on any atom is 0.230 e. The number of allylic oxidation sites excluding steroid dienone is 3. The first kappa shape index (κ1) is 23.6. The van der Waals surface area contributed by atoms with E-state index in [1.807, 2.05) is 49.9 Å². The average Bonchev–Trinajstić information content (AvgIpc) is 3.14. The van der Waals surface area contributed by atoms with E-state index in [1.54, 1.807) is 12.1 Å². The highest BCUT2D eigenvalue weighted by atomic mass is 19.1. The number of nitrogens with zero attached hydrogens (tertiary/aromatic N) is 2. The van der Waals surface area contributed by atoms with Crippen LogP contribution < -0.4 is 5.32 Å². The Labute approximate surface area is 189 Å². The number of rotatable bonds is 8. The van der Waals surface area contributed by atoms with E-state index in [0.29, 0.717) is 6.42 Å². The number of aryl methyl sites for hydroxylation is 1. The van der Waals surface area contributed by atoms with E-state index >= 15 is 0 Å². The average molecular weight is 438 g/mol. The van der Waals surface area contributed by atoms with Gasteiger partial charge >= 0.3 is 0 Å². The van der Waals surface area contributed by atoms with Crippen molar-refractivity contribution in [2.45, 2.75) is 65.5 Å². The predicted octanol–water partition coefficient (Wildman–Crippen LogP) is 5.03. The van der Waals surface area contributed by atoms with E-state index in [9.17, 15) is 14.0 Å². The second-order valence-electron chi connectivity index (χ2n) is 9.04. The van der Waals surface area contributed by atoms with E-state index in [2.05, 4.69) is 24.3 Å². The van der Waals surface area contributed by atoms with Crippen LogP contribution >= 0.6 is 0 Å². The van der Waals surface area contributed by atoms with E-state index in [4.69, 9.17) is 0 Å². The molecule has 0 fully saturated rings. The number of halogens is 1. The van der Waals surface area contributed by atoms with Crippen LogP contribution in [0.25, 0.3) is 0 Å². The number of carbonyl (C=O) groups excluding carboxylic acids is 2. The fraction of sp³-hybridized carbons (Fsp3) is 0.423. The number of nitrogens with one attached hydrogen (secondary N) is 1. The summed E-state index contributed by atoms with van der Waals surface area (Å²) in [6.45, 7) is 9.92. The van der Waals surface area contributed by atoms with Crippen molar-refractivity contribution in [3.8, 4) is 0 Å². The van der Waals surface area contributed by atoms with Crippen molar-refractivity contribution >= 4 is 12.2 Å². The Morgan fingerprint density at radius 3 is 2.59 bits per heavy atom. The summed E-state index contributed by atoms with van der Waals surface area (Å²) in [5.41, 5.74) is 2.74. The first-order chi connectivity index (χ1) is 15.2. The summed E-state index contributed by atoms with van der Waals surface area (Å²) in [6, 6.07) is 5.45. The standard InChI is InChI=1S/C26H32FN3O2/c1-6-18(3)30-15-22(19(4)29-30)24(20-9-11-21(27)12-10-20)23(16-31)28-25(32)26(5)13-7-8-17(2)14-26/h7-13,15-16,18,23-24H,6,14H2,1-5H3,(H,28,32)/t18?,23-,24+,26?/m1/s1. The van der Waals surface area contributed by atoms with Crippen LogP contribution in [0.3, 0.4) is 0 Å². The van der Waals surface area contributed by atoms with Crippen molar-refractivity contribution in [3.05, 3.63) is 76.9 Å².